The lowest BCUT2D eigenvalue weighted by Gasteiger charge is -2.08. The molecule has 1 aromatic heterocycles. The summed E-state index contributed by atoms with van der Waals surface area (Å²) < 4.78 is 37.9. The van der Waals surface area contributed by atoms with E-state index in [1.165, 1.54) is 12.1 Å². The van der Waals surface area contributed by atoms with Crippen molar-refractivity contribution in [3.8, 4) is 0 Å². The summed E-state index contributed by atoms with van der Waals surface area (Å²) in [5.41, 5.74) is -0.0930. The molecule has 0 bridgehead atoms. The van der Waals surface area contributed by atoms with E-state index in [0.717, 1.165) is 35.7 Å². The third kappa shape index (κ3) is 3.47. The van der Waals surface area contributed by atoms with E-state index in [1.807, 2.05) is 5.38 Å². The molecular formula is C15H13F3N2OS. The Morgan fingerprint density at radius 2 is 2.14 bits per heavy atom. The van der Waals surface area contributed by atoms with Crippen LogP contribution in [0.1, 0.15) is 45.4 Å². The molecule has 1 amide bonds. The van der Waals surface area contributed by atoms with Crippen molar-refractivity contribution in [1.29, 1.82) is 0 Å². The minimum Gasteiger partial charge on any atom is -0.346 e. The standard InChI is InChI=1S/C15H13F3N2OS/c16-15(17,18)11-3-1-2-10(6-11)13(21)19-7-12-8-22-14(20-12)9-4-5-9/h1-3,6,8-9H,4-5,7H2,(H,19,21). The number of nitrogens with one attached hydrogen (secondary N) is 1. The lowest BCUT2D eigenvalue weighted by molar-refractivity contribution is -0.137. The molecule has 2 aromatic rings. The number of alkyl halides is 3. The van der Waals surface area contributed by atoms with E-state index >= 15 is 0 Å². The number of aromatic nitrogens is 1. The van der Waals surface area contributed by atoms with Crippen LogP contribution in [0.5, 0.6) is 0 Å². The highest BCUT2D eigenvalue weighted by Gasteiger charge is 2.31. The Bertz CT molecular complexity index is 692. The molecule has 3 rings (SSSR count). The third-order valence-electron chi connectivity index (χ3n) is 3.38. The van der Waals surface area contributed by atoms with Gasteiger partial charge in [0.25, 0.3) is 5.91 Å². The van der Waals surface area contributed by atoms with Crippen LogP contribution in [0.15, 0.2) is 29.6 Å². The smallest absolute Gasteiger partial charge is 0.346 e. The zero-order valence-corrected chi connectivity index (χ0v) is 12.3. The molecule has 7 heteroatoms. The number of carbonyl (C=O) groups is 1. The molecule has 1 heterocycles. The lowest BCUT2D eigenvalue weighted by Crippen LogP contribution is -2.23. The summed E-state index contributed by atoms with van der Waals surface area (Å²) in [6.45, 7) is 0.221. The predicted octanol–water partition coefficient (Wildman–Crippen LogP) is 3.97. The second-order valence-corrected chi connectivity index (χ2v) is 6.10. The monoisotopic (exact) mass is 326 g/mol. The Kier molecular flexibility index (Phi) is 3.90. The van der Waals surface area contributed by atoms with Gasteiger partial charge in [0.05, 0.1) is 22.8 Å². The van der Waals surface area contributed by atoms with Gasteiger partial charge < -0.3 is 5.32 Å². The number of benzene rings is 1. The number of halogens is 3. The minimum atomic E-state index is -4.45. The van der Waals surface area contributed by atoms with Gasteiger partial charge in [0.1, 0.15) is 0 Å². The van der Waals surface area contributed by atoms with Gasteiger partial charge in [0, 0.05) is 16.9 Å². The van der Waals surface area contributed by atoms with Crippen LogP contribution in [0.3, 0.4) is 0 Å². The molecule has 1 fully saturated rings. The van der Waals surface area contributed by atoms with Gasteiger partial charge in [0.15, 0.2) is 0 Å². The van der Waals surface area contributed by atoms with Gasteiger partial charge in [0.2, 0.25) is 0 Å². The van der Waals surface area contributed by atoms with Crippen LogP contribution in [0.4, 0.5) is 13.2 Å². The Morgan fingerprint density at radius 1 is 1.36 bits per heavy atom. The summed E-state index contributed by atoms with van der Waals surface area (Å²) in [4.78, 5) is 16.4. The molecule has 0 saturated heterocycles. The van der Waals surface area contributed by atoms with Crippen molar-refractivity contribution >= 4 is 17.2 Å². The van der Waals surface area contributed by atoms with Crippen LogP contribution < -0.4 is 5.32 Å². The maximum atomic E-state index is 12.6. The summed E-state index contributed by atoms with van der Waals surface area (Å²) in [5, 5.41) is 5.55. The number of rotatable bonds is 4. The Morgan fingerprint density at radius 3 is 2.82 bits per heavy atom. The minimum absolute atomic E-state index is 0.00697. The van der Waals surface area contributed by atoms with Crippen molar-refractivity contribution in [2.75, 3.05) is 0 Å². The first-order valence-corrected chi connectivity index (χ1v) is 7.71. The van der Waals surface area contributed by atoms with E-state index in [9.17, 15) is 18.0 Å². The second kappa shape index (κ2) is 5.72. The summed E-state index contributed by atoms with van der Waals surface area (Å²) in [5.74, 6) is 0.0185. The number of nitrogens with zero attached hydrogens (tertiary/aromatic N) is 1. The van der Waals surface area contributed by atoms with Crippen molar-refractivity contribution in [2.45, 2.75) is 31.5 Å². The summed E-state index contributed by atoms with van der Waals surface area (Å²) in [6, 6.07) is 4.39. The zero-order valence-electron chi connectivity index (χ0n) is 11.5. The largest absolute Gasteiger partial charge is 0.416 e. The average Bonchev–Trinajstić information content (AvgIpc) is 3.23. The van der Waals surface area contributed by atoms with Gasteiger partial charge in [-0.1, -0.05) is 6.07 Å². The molecule has 0 unspecified atom stereocenters. The van der Waals surface area contributed by atoms with Crippen molar-refractivity contribution in [1.82, 2.24) is 10.3 Å². The van der Waals surface area contributed by atoms with Gasteiger partial charge in [-0.3, -0.25) is 4.79 Å². The first-order chi connectivity index (χ1) is 10.4. The molecular weight excluding hydrogens is 313 g/mol. The summed E-state index contributed by atoms with van der Waals surface area (Å²) in [6.07, 6.45) is -2.14. The molecule has 1 aliphatic carbocycles. The molecule has 3 nitrogen and oxygen atoms in total. The van der Waals surface area contributed by atoms with Gasteiger partial charge in [-0.05, 0) is 31.0 Å². The van der Waals surface area contributed by atoms with Gasteiger partial charge >= 0.3 is 6.18 Å². The summed E-state index contributed by atoms with van der Waals surface area (Å²) >= 11 is 1.56. The Balaban J connectivity index is 1.63. The van der Waals surface area contributed by atoms with Crippen molar-refractivity contribution < 1.29 is 18.0 Å². The number of carbonyl (C=O) groups excluding carboxylic acids is 1. The number of amides is 1. The van der Waals surface area contributed by atoms with Crippen molar-refractivity contribution in [3.05, 3.63) is 51.5 Å². The normalized spacial score (nSPS) is 14.9. The maximum Gasteiger partial charge on any atom is 0.416 e. The second-order valence-electron chi connectivity index (χ2n) is 5.21. The molecule has 0 spiro atoms. The third-order valence-corrected chi connectivity index (χ3v) is 4.43. The first-order valence-electron chi connectivity index (χ1n) is 6.83. The highest BCUT2D eigenvalue weighted by molar-refractivity contribution is 7.09. The van der Waals surface area contributed by atoms with Crippen LogP contribution in [0, 0.1) is 0 Å². The molecule has 0 atom stereocenters. The Labute approximate surface area is 129 Å². The first kappa shape index (κ1) is 15.0. The molecule has 116 valence electrons. The predicted molar refractivity (Wildman–Crippen MR) is 76.7 cm³/mol. The van der Waals surface area contributed by atoms with Crippen LogP contribution in [0.25, 0.3) is 0 Å². The zero-order chi connectivity index (χ0) is 15.7. The maximum absolute atomic E-state index is 12.6. The van der Waals surface area contributed by atoms with Crippen LogP contribution in [0.2, 0.25) is 0 Å². The fraction of sp³-hybridized carbons (Fsp3) is 0.333. The van der Waals surface area contributed by atoms with Gasteiger partial charge in [-0.2, -0.15) is 13.2 Å². The van der Waals surface area contributed by atoms with E-state index in [-0.39, 0.29) is 12.1 Å². The van der Waals surface area contributed by atoms with Crippen molar-refractivity contribution in [3.63, 3.8) is 0 Å². The number of hydrogen-bond donors (Lipinski definition) is 1. The SMILES string of the molecule is O=C(NCc1csc(C2CC2)n1)c1cccc(C(F)(F)F)c1. The fourth-order valence-electron chi connectivity index (χ4n) is 2.03. The lowest BCUT2D eigenvalue weighted by atomic mass is 10.1. The number of hydrogen-bond acceptors (Lipinski definition) is 3. The van der Waals surface area contributed by atoms with E-state index in [2.05, 4.69) is 10.3 Å². The molecule has 1 aliphatic rings. The summed E-state index contributed by atoms with van der Waals surface area (Å²) in [7, 11) is 0. The molecule has 1 aromatic carbocycles. The topological polar surface area (TPSA) is 42.0 Å². The average molecular weight is 326 g/mol. The molecule has 1 N–H and O–H groups in total. The molecule has 0 aliphatic heterocycles. The van der Waals surface area contributed by atoms with E-state index in [1.54, 1.807) is 11.3 Å². The van der Waals surface area contributed by atoms with Crippen LogP contribution >= 0.6 is 11.3 Å². The quantitative estimate of drug-likeness (QED) is 0.924. The van der Waals surface area contributed by atoms with Gasteiger partial charge in [-0.15, -0.1) is 11.3 Å². The Hall–Kier alpha value is -1.89. The molecule has 0 radical (unpaired) electrons. The van der Waals surface area contributed by atoms with E-state index in [4.69, 9.17) is 0 Å². The molecule has 22 heavy (non-hydrogen) atoms. The van der Waals surface area contributed by atoms with Crippen LogP contribution in [-0.2, 0) is 12.7 Å². The fourth-order valence-corrected chi connectivity index (χ4v) is 3.02. The van der Waals surface area contributed by atoms with Crippen molar-refractivity contribution in [2.24, 2.45) is 0 Å². The van der Waals surface area contributed by atoms with Crippen LogP contribution in [-0.4, -0.2) is 10.9 Å². The van der Waals surface area contributed by atoms with E-state index in [0.29, 0.717) is 5.92 Å². The molecule has 1 saturated carbocycles. The highest BCUT2D eigenvalue weighted by atomic mass is 32.1. The van der Waals surface area contributed by atoms with Gasteiger partial charge in [-0.25, -0.2) is 4.98 Å². The number of thiazole rings is 1. The van der Waals surface area contributed by atoms with E-state index < -0.39 is 17.6 Å². The highest BCUT2D eigenvalue weighted by Crippen LogP contribution is 2.41.